The van der Waals surface area contributed by atoms with Gasteiger partial charge in [0.25, 0.3) is 0 Å². The molecule has 2 fully saturated rings. The minimum Gasteiger partial charge on any atom is -0.335 e. The number of halogens is 2. The van der Waals surface area contributed by atoms with Gasteiger partial charge in [-0.2, -0.15) is 0 Å². The van der Waals surface area contributed by atoms with Crippen LogP contribution in [0.4, 0.5) is 4.39 Å². The zero-order valence-electron chi connectivity index (χ0n) is 9.94. The molecule has 1 aliphatic carbocycles. The fourth-order valence-corrected chi connectivity index (χ4v) is 3.21. The van der Waals surface area contributed by atoms with Crippen molar-refractivity contribution >= 4 is 17.5 Å². The summed E-state index contributed by atoms with van der Waals surface area (Å²) >= 11 is 5.68. The number of carbonyl (C=O) groups is 1. The maximum absolute atomic E-state index is 13.5. The molecule has 0 radical (unpaired) electrons. The fourth-order valence-electron chi connectivity index (χ4n) is 3.09. The third-order valence-electron chi connectivity index (χ3n) is 4.09. The van der Waals surface area contributed by atoms with E-state index in [-0.39, 0.29) is 28.9 Å². The first-order valence-electron chi connectivity index (χ1n) is 5.98. The lowest BCUT2D eigenvalue weighted by molar-refractivity contribution is -0.130. The van der Waals surface area contributed by atoms with Gasteiger partial charge in [-0.3, -0.25) is 4.79 Å². The van der Waals surface area contributed by atoms with Crippen LogP contribution in [-0.2, 0) is 4.79 Å². The number of hydrogen-bond donors (Lipinski definition) is 1. The van der Waals surface area contributed by atoms with E-state index in [4.69, 9.17) is 17.3 Å². The number of piperidine rings is 1. The van der Waals surface area contributed by atoms with Gasteiger partial charge in [-0.15, -0.1) is 0 Å². The molecule has 4 unspecified atom stereocenters. The molecule has 1 amide bonds. The van der Waals surface area contributed by atoms with E-state index in [2.05, 4.69) is 0 Å². The molecule has 2 N–H and O–H groups in total. The number of likely N-dealkylation sites (tertiary alicyclic amines) is 1. The Hall–Kier alpha value is -1.13. The number of hydrogen-bond acceptors (Lipinski definition) is 2. The number of rotatable bonds is 1. The zero-order chi connectivity index (χ0) is 13.0. The van der Waals surface area contributed by atoms with Crippen molar-refractivity contribution in [3.63, 3.8) is 0 Å². The van der Waals surface area contributed by atoms with Crippen molar-refractivity contribution in [2.75, 3.05) is 6.54 Å². The van der Waals surface area contributed by atoms with E-state index < -0.39 is 5.82 Å². The first-order chi connectivity index (χ1) is 8.50. The summed E-state index contributed by atoms with van der Waals surface area (Å²) in [6, 6.07) is 4.75. The zero-order valence-corrected chi connectivity index (χ0v) is 10.7. The second-order valence-corrected chi connectivity index (χ2v) is 5.52. The van der Waals surface area contributed by atoms with Crippen LogP contribution < -0.4 is 5.73 Å². The number of carbonyl (C=O) groups excluding carboxylic acids is 1. The van der Waals surface area contributed by atoms with E-state index in [1.54, 1.807) is 11.0 Å². The maximum atomic E-state index is 13.5. The smallest absolute Gasteiger partial charge is 0.219 e. The van der Waals surface area contributed by atoms with E-state index in [0.717, 1.165) is 5.56 Å². The molecule has 1 aromatic carbocycles. The molecule has 1 aliphatic heterocycles. The van der Waals surface area contributed by atoms with Gasteiger partial charge in [0.15, 0.2) is 0 Å². The normalized spacial score (nSPS) is 33.4. The van der Waals surface area contributed by atoms with Crippen LogP contribution in [-0.4, -0.2) is 23.4 Å². The van der Waals surface area contributed by atoms with Crippen LogP contribution in [0.5, 0.6) is 0 Å². The van der Waals surface area contributed by atoms with Crippen LogP contribution in [0.3, 0.4) is 0 Å². The van der Waals surface area contributed by atoms with Gasteiger partial charge in [0, 0.05) is 25.4 Å². The summed E-state index contributed by atoms with van der Waals surface area (Å²) in [5.74, 6) is 0.178. The van der Waals surface area contributed by atoms with Gasteiger partial charge in [0.2, 0.25) is 5.91 Å². The number of nitrogens with zero attached hydrogens (tertiary/aromatic N) is 1. The Morgan fingerprint density at radius 3 is 2.89 bits per heavy atom. The quantitative estimate of drug-likeness (QED) is 0.846. The summed E-state index contributed by atoms with van der Waals surface area (Å²) in [7, 11) is 0. The van der Waals surface area contributed by atoms with Crippen molar-refractivity contribution in [1.82, 2.24) is 4.90 Å². The van der Waals surface area contributed by atoms with Crippen molar-refractivity contribution in [3.8, 4) is 0 Å². The van der Waals surface area contributed by atoms with Crippen LogP contribution >= 0.6 is 11.6 Å². The molecule has 0 aromatic heterocycles. The van der Waals surface area contributed by atoms with Gasteiger partial charge in [-0.05, 0) is 23.6 Å². The van der Waals surface area contributed by atoms with Crippen LogP contribution in [0.1, 0.15) is 18.5 Å². The summed E-state index contributed by atoms with van der Waals surface area (Å²) in [6.07, 6.45) is 0. The molecule has 96 valence electrons. The van der Waals surface area contributed by atoms with Crippen molar-refractivity contribution in [3.05, 3.63) is 34.6 Å². The Bertz CT molecular complexity index is 522. The second-order valence-electron chi connectivity index (χ2n) is 5.11. The standard InChI is InChI=1S/C13H14ClFN2O/c1-6(18)17-5-8-11(12(8)16)13(17)7-2-3-9(14)10(15)4-7/h2-4,8,11-13H,5,16H2,1H3. The minimum absolute atomic E-state index is 0.00904. The van der Waals surface area contributed by atoms with Crippen LogP contribution in [0, 0.1) is 17.7 Å². The predicted molar refractivity (Wildman–Crippen MR) is 66.5 cm³/mol. The highest BCUT2D eigenvalue weighted by atomic mass is 35.5. The lowest BCUT2D eigenvalue weighted by Gasteiger charge is -2.28. The topological polar surface area (TPSA) is 46.3 Å². The molecule has 1 heterocycles. The Morgan fingerprint density at radius 1 is 1.56 bits per heavy atom. The number of nitrogens with two attached hydrogens (primary N) is 1. The van der Waals surface area contributed by atoms with Crippen molar-refractivity contribution in [2.24, 2.45) is 17.6 Å². The third kappa shape index (κ3) is 1.63. The van der Waals surface area contributed by atoms with Gasteiger partial charge in [0.05, 0.1) is 11.1 Å². The largest absolute Gasteiger partial charge is 0.335 e. The van der Waals surface area contributed by atoms with E-state index in [9.17, 15) is 9.18 Å². The Morgan fingerprint density at radius 2 is 2.28 bits per heavy atom. The lowest BCUT2D eigenvalue weighted by Crippen LogP contribution is -2.35. The highest BCUT2D eigenvalue weighted by molar-refractivity contribution is 6.30. The summed E-state index contributed by atoms with van der Waals surface area (Å²) in [4.78, 5) is 13.4. The van der Waals surface area contributed by atoms with Crippen LogP contribution in [0.25, 0.3) is 0 Å². The minimum atomic E-state index is -0.449. The molecule has 1 saturated heterocycles. The monoisotopic (exact) mass is 268 g/mol. The van der Waals surface area contributed by atoms with E-state index in [1.165, 1.54) is 19.1 Å². The summed E-state index contributed by atoms with van der Waals surface area (Å²) in [6.45, 7) is 2.21. The summed E-state index contributed by atoms with van der Waals surface area (Å²) in [5, 5.41) is 0.0998. The van der Waals surface area contributed by atoms with Crippen LogP contribution in [0.2, 0.25) is 5.02 Å². The molecule has 3 rings (SSSR count). The van der Waals surface area contributed by atoms with Crippen molar-refractivity contribution in [1.29, 1.82) is 0 Å². The molecule has 18 heavy (non-hydrogen) atoms. The molecular formula is C13H14ClFN2O. The molecule has 0 bridgehead atoms. The van der Waals surface area contributed by atoms with Gasteiger partial charge in [-0.1, -0.05) is 17.7 Å². The van der Waals surface area contributed by atoms with Crippen LogP contribution in [0.15, 0.2) is 18.2 Å². The molecule has 1 saturated carbocycles. The molecule has 5 heteroatoms. The van der Waals surface area contributed by atoms with Crippen molar-refractivity contribution in [2.45, 2.75) is 19.0 Å². The summed E-state index contributed by atoms with van der Waals surface area (Å²) in [5.41, 5.74) is 6.76. The maximum Gasteiger partial charge on any atom is 0.219 e. The molecule has 3 nitrogen and oxygen atoms in total. The fraction of sp³-hybridized carbons (Fsp3) is 0.462. The highest BCUT2D eigenvalue weighted by Crippen LogP contribution is 2.55. The third-order valence-corrected chi connectivity index (χ3v) is 4.40. The van der Waals surface area contributed by atoms with E-state index >= 15 is 0 Å². The highest BCUT2D eigenvalue weighted by Gasteiger charge is 2.60. The van der Waals surface area contributed by atoms with E-state index in [0.29, 0.717) is 12.5 Å². The number of benzene rings is 1. The van der Waals surface area contributed by atoms with E-state index in [1.807, 2.05) is 0 Å². The molecule has 1 aromatic rings. The first kappa shape index (κ1) is 11.9. The number of fused-ring (bicyclic) bond motifs is 1. The SMILES string of the molecule is CC(=O)N1CC2C(N)C2C1c1ccc(Cl)c(F)c1. The van der Waals surface area contributed by atoms with Gasteiger partial charge >= 0.3 is 0 Å². The Kier molecular flexibility index (Phi) is 2.61. The molecule has 2 aliphatic rings. The average molecular weight is 269 g/mol. The summed E-state index contributed by atoms with van der Waals surface area (Å²) < 4.78 is 13.5. The lowest BCUT2D eigenvalue weighted by atomic mass is 10.0. The van der Waals surface area contributed by atoms with Gasteiger partial charge < -0.3 is 10.6 Å². The molecular weight excluding hydrogens is 255 g/mol. The van der Waals surface area contributed by atoms with Gasteiger partial charge in [0.1, 0.15) is 5.82 Å². The molecule has 4 atom stereocenters. The van der Waals surface area contributed by atoms with Gasteiger partial charge in [-0.25, -0.2) is 4.39 Å². The van der Waals surface area contributed by atoms with Crippen molar-refractivity contribution < 1.29 is 9.18 Å². The Balaban J connectivity index is 1.97. The first-order valence-corrected chi connectivity index (χ1v) is 6.36. The number of amides is 1. The second kappa shape index (κ2) is 3.93. The molecule has 0 spiro atoms. The Labute approximate surface area is 110 Å². The predicted octanol–water partition coefficient (Wildman–Crippen LogP) is 1.96. The average Bonchev–Trinajstić information content (AvgIpc) is 2.77.